The summed E-state index contributed by atoms with van der Waals surface area (Å²) >= 11 is 1.26. The van der Waals surface area contributed by atoms with Crippen molar-refractivity contribution >= 4 is 38.8 Å². The Hall–Kier alpha value is -2.26. The maximum Gasteiger partial charge on any atom is 0.283 e. The molecule has 25 heavy (non-hydrogen) atoms. The van der Waals surface area contributed by atoms with E-state index in [1.807, 2.05) is 11.9 Å². The number of carbonyl (C=O) groups is 1. The quantitative estimate of drug-likeness (QED) is 0.883. The molecule has 2 heterocycles. The molecule has 0 radical (unpaired) electrons. The molecule has 0 spiro atoms. The van der Waals surface area contributed by atoms with Crippen LogP contribution in [0.2, 0.25) is 0 Å². The number of nitrogens with zero attached hydrogens (tertiary/aromatic N) is 3. The highest BCUT2D eigenvalue weighted by molar-refractivity contribution is 7.90. The van der Waals surface area contributed by atoms with Crippen LogP contribution in [0.4, 0.5) is 5.69 Å². The molecule has 1 N–H and O–H groups in total. The van der Waals surface area contributed by atoms with Gasteiger partial charge in [-0.2, -0.15) is 8.42 Å². The molecule has 3 rings (SSSR count). The molecular formula is C16H18N4O3S2. The van der Waals surface area contributed by atoms with Gasteiger partial charge in [0.15, 0.2) is 0 Å². The average molecular weight is 378 g/mol. The predicted octanol–water partition coefficient (Wildman–Crippen LogP) is 2.52. The molecule has 0 bridgehead atoms. The fraction of sp³-hybridized carbons (Fsp3) is 0.312. The summed E-state index contributed by atoms with van der Waals surface area (Å²) in [7, 11) is -1.91. The summed E-state index contributed by atoms with van der Waals surface area (Å²) in [6.45, 7) is 2.58. The number of aryl methyl sites for hydroxylation is 1. The fourth-order valence-electron chi connectivity index (χ4n) is 2.52. The number of hydrogen-bond acceptors (Lipinski definition) is 5. The molecule has 1 aromatic heterocycles. The highest BCUT2D eigenvalue weighted by Gasteiger charge is 2.20. The van der Waals surface area contributed by atoms with Gasteiger partial charge in [0.05, 0.1) is 16.1 Å². The minimum atomic E-state index is -3.75. The second kappa shape index (κ2) is 6.93. The van der Waals surface area contributed by atoms with Crippen molar-refractivity contribution in [2.75, 3.05) is 18.9 Å². The van der Waals surface area contributed by atoms with Crippen LogP contribution in [0.25, 0.3) is 0 Å². The minimum absolute atomic E-state index is 0.104. The Bertz CT molecular complexity index is 917. The van der Waals surface area contributed by atoms with Crippen LogP contribution in [-0.4, -0.2) is 43.6 Å². The molecule has 1 saturated heterocycles. The zero-order valence-corrected chi connectivity index (χ0v) is 15.5. The summed E-state index contributed by atoms with van der Waals surface area (Å²) in [5.41, 5.74) is 2.79. The van der Waals surface area contributed by atoms with Crippen LogP contribution in [0.5, 0.6) is 0 Å². The van der Waals surface area contributed by atoms with Gasteiger partial charge in [-0.15, -0.1) is 15.7 Å². The van der Waals surface area contributed by atoms with Crippen molar-refractivity contribution in [2.24, 2.45) is 4.40 Å². The third kappa shape index (κ3) is 3.88. The molecule has 9 heteroatoms. The van der Waals surface area contributed by atoms with Crippen LogP contribution >= 0.6 is 11.3 Å². The molecule has 1 aliphatic heterocycles. The lowest BCUT2D eigenvalue weighted by Crippen LogP contribution is -2.20. The molecule has 1 fully saturated rings. The Kier molecular flexibility index (Phi) is 4.87. The van der Waals surface area contributed by atoms with E-state index in [0.29, 0.717) is 28.5 Å². The van der Waals surface area contributed by atoms with Gasteiger partial charge in [0.1, 0.15) is 10.7 Å². The van der Waals surface area contributed by atoms with E-state index < -0.39 is 10.0 Å². The lowest BCUT2D eigenvalue weighted by molar-refractivity contribution is 0.103. The Labute approximate surface area is 150 Å². The van der Waals surface area contributed by atoms with E-state index in [4.69, 9.17) is 0 Å². The Morgan fingerprint density at radius 2 is 2.04 bits per heavy atom. The van der Waals surface area contributed by atoms with Crippen molar-refractivity contribution in [2.45, 2.75) is 24.7 Å². The summed E-state index contributed by atoms with van der Waals surface area (Å²) in [5, 5.41) is 2.74. The minimum Gasteiger partial charge on any atom is -0.362 e. The Morgan fingerprint density at radius 1 is 1.32 bits per heavy atom. The van der Waals surface area contributed by atoms with E-state index in [1.165, 1.54) is 23.5 Å². The zero-order valence-electron chi connectivity index (χ0n) is 13.9. The maximum atomic E-state index is 12.4. The molecule has 0 aliphatic carbocycles. The number of amidine groups is 1. The summed E-state index contributed by atoms with van der Waals surface area (Å²) in [5.74, 6) is 0.321. The third-order valence-corrected chi connectivity index (χ3v) is 6.17. The lowest BCUT2D eigenvalue weighted by Gasteiger charge is -2.11. The van der Waals surface area contributed by atoms with Gasteiger partial charge in [-0.1, -0.05) is 0 Å². The first-order valence-corrected chi connectivity index (χ1v) is 10.1. The molecule has 0 atom stereocenters. The summed E-state index contributed by atoms with van der Waals surface area (Å²) in [6.07, 6.45) is 1.57. The zero-order chi connectivity index (χ0) is 18.0. The van der Waals surface area contributed by atoms with Gasteiger partial charge in [-0.05, 0) is 37.6 Å². The normalized spacial score (nSPS) is 16.4. The van der Waals surface area contributed by atoms with E-state index in [-0.39, 0.29) is 10.8 Å². The smallest absolute Gasteiger partial charge is 0.283 e. The molecule has 1 aliphatic rings. The first-order chi connectivity index (χ1) is 11.9. The van der Waals surface area contributed by atoms with Gasteiger partial charge in [0, 0.05) is 25.7 Å². The maximum absolute atomic E-state index is 12.4. The van der Waals surface area contributed by atoms with Crippen LogP contribution in [0.3, 0.4) is 0 Å². The van der Waals surface area contributed by atoms with Crippen LogP contribution in [0.1, 0.15) is 28.2 Å². The second-order valence-corrected chi connectivity index (χ2v) is 8.21. The number of likely N-dealkylation sites (tertiary alicyclic amines) is 1. The van der Waals surface area contributed by atoms with Crippen molar-refractivity contribution in [3.05, 3.63) is 40.3 Å². The number of rotatable bonds is 4. The molecule has 2 aromatic rings. The van der Waals surface area contributed by atoms with Crippen molar-refractivity contribution in [1.82, 2.24) is 9.88 Å². The second-order valence-electron chi connectivity index (χ2n) is 5.75. The monoisotopic (exact) mass is 378 g/mol. The number of hydrogen-bond donors (Lipinski definition) is 1. The van der Waals surface area contributed by atoms with Gasteiger partial charge in [-0.3, -0.25) is 4.79 Å². The molecule has 0 saturated carbocycles. The van der Waals surface area contributed by atoms with Gasteiger partial charge in [0.2, 0.25) is 0 Å². The number of benzene rings is 1. The third-order valence-electron chi connectivity index (χ3n) is 3.92. The van der Waals surface area contributed by atoms with Crippen molar-refractivity contribution in [1.29, 1.82) is 0 Å². The number of thiazole rings is 1. The van der Waals surface area contributed by atoms with E-state index in [1.54, 1.807) is 24.6 Å². The SMILES string of the molecule is Cc1ncsc1C(=O)Nc1ccc(S(=O)(=O)/N=C2\CCCN2C)cc1. The van der Waals surface area contributed by atoms with Crippen LogP contribution in [0.15, 0.2) is 39.1 Å². The summed E-state index contributed by atoms with van der Waals surface area (Å²) in [4.78, 5) is 18.7. The highest BCUT2D eigenvalue weighted by Crippen LogP contribution is 2.20. The van der Waals surface area contributed by atoms with Gasteiger partial charge in [0.25, 0.3) is 15.9 Å². The van der Waals surface area contributed by atoms with Crippen LogP contribution < -0.4 is 5.32 Å². The highest BCUT2D eigenvalue weighted by atomic mass is 32.2. The van der Waals surface area contributed by atoms with Gasteiger partial charge >= 0.3 is 0 Å². The first-order valence-electron chi connectivity index (χ1n) is 7.73. The number of sulfonamides is 1. The van der Waals surface area contributed by atoms with E-state index >= 15 is 0 Å². The molecule has 7 nitrogen and oxygen atoms in total. The number of anilines is 1. The Morgan fingerprint density at radius 3 is 2.60 bits per heavy atom. The summed E-state index contributed by atoms with van der Waals surface area (Å²) in [6, 6.07) is 6.01. The van der Waals surface area contributed by atoms with Crippen molar-refractivity contribution < 1.29 is 13.2 Å². The van der Waals surface area contributed by atoms with Gasteiger partial charge < -0.3 is 10.2 Å². The number of aromatic nitrogens is 1. The van der Waals surface area contributed by atoms with Crippen molar-refractivity contribution in [3.8, 4) is 0 Å². The average Bonchev–Trinajstić information content (AvgIpc) is 3.16. The van der Waals surface area contributed by atoms with E-state index in [9.17, 15) is 13.2 Å². The topological polar surface area (TPSA) is 91.7 Å². The molecule has 0 unspecified atom stereocenters. The predicted molar refractivity (Wildman–Crippen MR) is 97.7 cm³/mol. The van der Waals surface area contributed by atoms with Gasteiger partial charge in [-0.25, -0.2) is 4.98 Å². The summed E-state index contributed by atoms with van der Waals surface area (Å²) < 4.78 is 28.7. The van der Waals surface area contributed by atoms with Crippen LogP contribution in [0, 0.1) is 6.92 Å². The largest absolute Gasteiger partial charge is 0.362 e. The first kappa shape index (κ1) is 17.6. The van der Waals surface area contributed by atoms with E-state index in [2.05, 4.69) is 14.7 Å². The Balaban J connectivity index is 1.76. The fourth-order valence-corrected chi connectivity index (χ4v) is 4.31. The van der Waals surface area contributed by atoms with E-state index in [0.717, 1.165) is 13.0 Å². The number of carbonyl (C=O) groups excluding carboxylic acids is 1. The number of nitrogens with one attached hydrogen (secondary N) is 1. The molecular weight excluding hydrogens is 360 g/mol. The standard InChI is InChI=1S/C16H18N4O3S2/c1-11-15(24-10-17-11)16(21)18-12-5-7-13(8-6-12)25(22,23)19-14-4-3-9-20(14)2/h5-8,10H,3-4,9H2,1-2H3,(H,18,21)/b19-14+. The van der Waals surface area contributed by atoms with Crippen LogP contribution in [-0.2, 0) is 10.0 Å². The molecule has 132 valence electrons. The lowest BCUT2D eigenvalue weighted by atomic mass is 10.3. The number of amides is 1. The molecule has 1 amide bonds. The molecule has 1 aromatic carbocycles. The van der Waals surface area contributed by atoms with Crippen molar-refractivity contribution in [3.63, 3.8) is 0 Å².